The number of nitrogen functional groups attached to an aromatic ring is 1. The van der Waals surface area contributed by atoms with Gasteiger partial charge in [-0.1, -0.05) is 19.1 Å². The third-order valence-electron chi connectivity index (χ3n) is 2.94. The zero-order valence-electron chi connectivity index (χ0n) is 11.3. The molecule has 0 amide bonds. The highest BCUT2D eigenvalue weighted by Gasteiger charge is 2.15. The van der Waals surface area contributed by atoms with Gasteiger partial charge < -0.3 is 10.2 Å². The molecule has 3 heterocycles. The molecule has 2 N–H and O–H groups in total. The zero-order chi connectivity index (χ0) is 14.1. The molecule has 104 valence electrons. The molecule has 0 unspecified atom stereocenters. The number of furan rings is 1. The summed E-state index contributed by atoms with van der Waals surface area (Å²) in [5.41, 5.74) is 7.72. The Morgan fingerprint density at radius 1 is 1.45 bits per heavy atom. The van der Waals surface area contributed by atoms with Gasteiger partial charge in [0, 0.05) is 5.38 Å². The van der Waals surface area contributed by atoms with Crippen LogP contribution in [0.15, 0.2) is 28.2 Å². The summed E-state index contributed by atoms with van der Waals surface area (Å²) in [6.07, 6.45) is 1.64. The second-order valence-electron chi connectivity index (χ2n) is 4.79. The zero-order valence-corrected chi connectivity index (χ0v) is 12.1. The molecule has 0 spiro atoms. The highest BCUT2D eigenvalue weighted by atomic mass is 32.1. The predicted molar refractivity (Wildman–Crippen MR) is 77.4 cm³/mol. The van der Waals surface area contributed by atoms with Gasteiger partial charge in [0.15, 0.2) is 16.6 Å². The van der Waals surface area contributed by atoms with E-state index in [2.05, 4.69) is 29.1 Å². The van der Waals surface area contributed by atoms with E-state index in [9.17, 15) is 0 Å². The van der Waals surface area contributed by atoms with E-state index in [0.717, 1.165) is 22.2 Å². The molecule has 0 atom stereocenters. The lowest BCUT2D eigenvalue weighted by atomic mass is 10.1. The van der Waals surface area contributed by atoms with Crippen LogP contribution < -0.4 is 5.73 Å². The van der Waals surface area contributed by atoms with Gasteiger partial charge in [-0.25, -0.2) is 9.67 Å². The van der Waals surface area contributed by atoms with Crippen LogP contribution in [0.2, 0.25) is 0 Å². The number of aromatic nitrogens is 4. The molecule has 6 nitrogen and oxygen atoms in total. The number of rotatable bonds is 4. The van der Waals surface area contributed by atoms with Crippen molar-refractivity contribution < 1.29 is 4.42 Å². The largest absolute Gasteiger partial charge is 0.462 e. The molecule has 0 bridgehead atoms. The Kier molecular flexibility index (Phi) is 3.27. The number of anilines is 1. The smallest absolute Gasteiger partial charge is 0.169 e. The van der Waals surface area contributed by atoms with Gasteiger partial charge in [0.1, 0.15) is 0 Å². The molecule has 3 rings (SSSR count). The van der Waals surface area contributed by atoms with Crippen molar-refractivity contribution in [1.82, 2.24) is 20.0 Å². The van der Waals surface area contributed by atoms with Crippen LogP contribution in [0.4, 0.5) is 5.82 Å². The van der Waals surface area contributed by atoms with Crippen LogP contribution in [0.3, 0.4) is 0 Å². The Morgan fingerprint density at radius 3 is 3.00 bits per heavy atom. The molecule has 0 aliphatic rings. The summed E-state index contributed by atoms with van der Waals surface area (Å²) >= 11 is 1.55. The van der Waals surface area contributed by atoms with Crippen LogP contribution in [-0.4, -0.2) is 20.0 Å². The average molecular weight is 289 g/mol. The molecule has 0 aliphatic carbocycles. The first-order chi connectivity index (χ1) is 9.65. The molecular weight excluding hydrogens is 274 g/mol. The standard InChI is InChI=1S/C13H15N5OS/c1-8(2)11-12(14)16-17-18(11)6-9-7-20-13(15-9)10-4-3-5-19-10/h3-5,7-8H,6,14H2,1-2H3. The van der Waals surface area contributed by atoms with Gasteiger partial charge in [0.2, 0.25) is 0 Å². The molecule has 20 heavy (non-hydrogen) atoms. The average Bonchev–Trinajstić information content (AvgIpc) is 3.10. The maximum absolute atomic E-state index is 5.85. The number of nitrogens with zero attached hydrogens (tertiary/aromatic N) is 4. The van der Waals surface area contributed by atoms with E-state index in [1.54, 1.807) is 22.3 Å². The molecule has 7 heteroatoms. The molecule has 3 aromatic heterocycles. The van der Waals surface area contributed by atoms with Gasteiger partial charge in [-0.15, -0.1) is 16.4 Å². The Balaban J connectivity index is 1.85. The molecule has 0 fully saturated rings. The van der Waals surface area contributed by atoms with Crippen molar-refractivity contribution >= 4 is 17.2 Å². The van der Waals surface area contributed by atoms with Gasteiger partial charge in [-0.2, -0.15) is 0 Å². The van der Waals surface area contributed by atoms with E-state index in [4.69, 9.17) is 10.2 Å². The second-order valence-corrected chi connectivity index (χ2v) is 5.65. The van der Waals surface area contributed by atoms with Crippen LogP contribution in [0, 0.1) is 0 Å². The van der Waals surface area contributed by atoms with Gasteiger partial charge in [-0.3, -0.25) is 0 Å². The Morgan fingerprint density at radius 2 is 2.30 bits per heavy atom. The number of hydrogen-bond donors (Lipinski definition) is 1. The van der Waals surface area contributed by atoms with E-state index in [1.165, 1.54) is 0 Å². The summed E-state index contributed by atoms with van der Waals surface area (Å²) in [7, 11) is 0. The molecule has 0 saturated heterocycles. The summed E-state index contributed by atoms with van der Waals surface area (Å²) in [5, 5.41) is 10.9. The Labute approximate surface area is 120 Å². The van der Waals surface area contributed by atoms with Crippen LogP contribution in [-0.2, 0) is 6.54 Å². The normalized spacial score (nSPS) is 11.3. The van der Waals surface area contributed by atoms with Crippen LogP contribution in [0.5, 0.6) is 0 Å². The number of nitrogens with two attached hydrogens (primary N) is 1. The van der Waals surface area contributed by atoms with Gasteiger partial charge in [0.05, 0.1) is 24.2 Å². The fraction of sp³-hybridized carbons (Fsp3) is 0.308. The first kappa shape index (κ1) is 12.9. The quantitative estimate of drug-likeness (QED) is 0.798. The van der Waals surface area contributed by atoms with E-state index in [1.807, 2.05) is 17.5 Å². The van der Waals surface area contributed by atoms with Crippen molar-refractivity contribution in [2.45, 2.75) is 26.3 Å². The first-order valence-corrected chi connectivity index (χ1v) is 7.20. The first-order valence-electron chi connectivity index (χ1n) is 6.32. The minimum atomic E-state index is 0.271. The molecule has 0 radical (unpaired) electrons. The molecule has 3 aromatic rings. The number of hydrogen-bond acceptors (Lipinski definition) is 6. The van der Waals surface area contributed by atoms with Crippen LogP contribution >= 0.6 is 11.3 Å². The van der Waals surface area contributed by atoms with Gasteiger partial charge >= 0.3 is 0 Å². The maximum Gasteiger partial charge on any atom is 0.169 e. The summed E-state index contributed by atoms with van der Waals surface area (Å²) in [6, 6.07) is 3.75. The minimum absolute atomic E-state index is 0.271. The molecule has 0 saturated carbocycles. The van der Waals surface area contributed by atoms with E-state index in [0.29, 0.717) is 12.4 Å². The van der Waals surface area contributed by atoms with Crippen molar-refractivity contribution in [1.29, 1.82) is 0 Å². The van der Waals surface area contributed by atoms with Gasteiger partial charge in [0.25, 0.3) is 0 Å². The maximum atomic E-state index is 5.85. The fourth-order valence-corrected chi connectivity index (χ4v) is 2.87. The monoisotopic (exact) mass is 289 g/mol. The third-order valence-corrected chi connectivity index (χ3v) is 3.85. The molecule has 0 aromatic carbocycles. The van der Waals surface area contributed by atoms with E-state index in [-0.39, 0.29) is 5.92 Å². The molecular formula is C13H15N5OS. The lowest BCUT2D eigenvalue weighted by Crippen LogP contribution is -2.09. The van der Waals surface area contributed by atoms with Crippen LogP contribution in [0.1, 0.15) is 31.2 Å². The second kappa shape index (κ2) is 5.09. The summed E-state index contributed by atoms with van der Waals surface area (Å²) in [4.78, 5) is 4.55. The summed E-state index contributed by atoms with van der Waals surface area (Å²) in [5.74, 6) is 1.54. The van der Waals surface area contributed by atoms with Crippen molar-refractivity contribution in [3.8, 4) is 10.8 Å². The van der Waals surface area contributed by atoms with E-state index < -0.39 is 0 Å². The van der Waals surface area contributed by atoms with Crippen LogP contribution in [0.25, 0.3) is 10.8 Å². The van der Waals surface area contributed by atoms with E-state index >= 15 is 0 Å². The molecule has 0 aliphatic heterocycles. The Hall–Kier alpha value is -2.15. The summed E-state index contributed by atoms with van der Waals surface area (Å²) < 4.78 is 7.15. The number of thiazole rings is 1. The highest BCUT2D eigenvalue weighted by molar-refractivity contribution is 7.13. The SMILES string of the molecule is CC(C)c1c(N)nnn1Cc1csc(-c2ccco2)n1. The van der Waals surface area contributed by atoms with Crippen molar-refractivity contribution in [2.75, 3.05) is 5.73 Å². The summed E-state index contributed by atoms with van der Waals surface area (Å²) in [6.45, 7) is 4.71. The third kappa shape index (κ3) is 2.32. The predicted octanol–water partition coefficient (Wildman–Crippen LogP) is 2.75. The topological polar surface area (TPSA) is 82.8 Å². The minimum Gasteiger partial charge on any atom is -0.462 e. The highest BCUT2D eigenvalue weighted by Crippen LogP contribution is 2.25. The van der Waals surface area contributed by atoms with Crippen molar-refractivity contribution in [2.24, 2.45) is 0 Å². The lowest BCUT2D eigenvalue weighted by molar-refractivity contribution is 0.578. The van der Waals surface area contributed by atoms with Crippen molar-refractivity contribution in [3.63, 3.8) is 0 Å². The fourth-order valence-electron chi connectivity index (χ4n) is 2.09. The lowest BCUT2D eigenvalue weighted by Gasteiger charge is -2.07. The Bertz CT molecular complexity index is 698. The van der Waals surface area contributed by atoms with Crippen molar-refractivity contribution in [3.05, 3.63) is 35.2 Å². The van der Waals surface area contributed by atoms with Gasteiger partial charge in [-0.05, 0) is 18.1 Å².